The van der Waals surface area contributed by atoms with Crippen LogP contribution in [0.15, 0.2) is 30.5 Å². The summed E-state index contributed by atoms with van der Waals surface area (Å²) in [6.07, 6.45) is 4.45. The molecule has 1 N–H and O–H groups in total. The molecule has 1 saturated heterocycles. The van der Waals surface area contributed by atoms with E-state index in [0.29, 0.717) is 23.0 Å². The summed E-state index contributed by atoms with van der Waals surface area (Å²) in [7, 11) is 0. The first-order valence-corrected chi connectivity index (χ1v) is 8.03. The summed E-state index contributed by atoms with van der Waals surface area (Å²) in [6.45, 7) is 1.26. The maximum atomic E-state index is 12.3. The minimum atomic E-state index is -0.152. The fourth-order valence-corrected chi connectivity index (χ4v) is 3.50. The van der Waals surface area contributed by atoms with Gasteiger partial charge in [-0.2, -0.15) is 5.26 Å². The monoisotopic (exact) mass is 332 g/mol. The molecule has 1 fully saturated rings. The molecule has 0 aliphatic carbocycles. The van der Waals surface area contributed by atoms with Crippen LogP contribution in [-0.2, 0) is 0 Å². The highest BCUT2D eigenvalue weighted by molar-refractivity contribution is 7.17. The van der Waals surface area contributed by atoms with Crippen molar-refractivity contribution in [2.24, 2.45) is 0 Å². The van der Waals surface area contributed by atoms with Crippen molar-refractivity contribution in [2.75, 3.05) is 13.1 Å². The second-order valence-electron chi connectivity index (χ2n) is 5.01. The number of halogens is 1. The smallest absolute Gasteiger partial charge is 0.263 e. The third-order valence-electron chi connectivity index (χ3n) is 3.50. The van der Waals surface area contributed by atoms with Crippen molar-refractivity contribution in [3.05, 3.63) is 40.4 Å². The van der Waals surface area contributed by atoms with Gasteiger partial charge in [0.05, 0.1) is 11.2 Å². The Balaban J connectivity index is 1.70. The number of carbonyl (C=O) groups is 1. The summed E-state index contributed by atoms with van der Waals surface area (Å²) in [5.41, 5.74) is 0.824. The van der Waals surface area contributed by atoms with E-state index in [1.54, 1.807) is 17.2 Å². The molecule has 7 heteroatoms. The van der Waals surface area contributed by atoms with Crippen LogP contribution in [-0.4, -0.2) is 34.9 Å². The van der Waals surface area contributed by atoms with E-state index < -0.39 is 0 Å². The molecular weight excluding hydrogens is 320 g/mol. The second-order valence-corrected chi connectivity index (χ2v) is 6.45. The van der Waals surface area contributed by atoms with Crippen molar-refractivity contribution in [1.29, 1.82) is 5.26 Å². The molecule has 2 aromatic rings. The molecule has 0 saturated carbocycles. The van der Waals surface area contributed by atoms with Crippen LogP contribution < -0.4 is 5.32 Å². The molecule has 1 aromatic carbocycles. The first-order valence-electron chi connectivity index (χ1n) is 6.83. The van der Waals surface area contributed by atoms with Gasteiger partial charge in [0, 0.05) is 24.7 Å². The number of hydrogen-bond acceptors (Lipinski definition) is 5. The van der Waals surface area contributed by atoms with Crippen molar-refractivity contribution < 1.29 is 4.79 Å². The first-order chi connectivity index (χ1) is 10.7. The van der Waals surface area contributed by atoms with Crippen LogP contribution in [0.3, 0.4) is 0 Å². The molecule has 0 spiro atoms. The van der Waals surface area contributed by atoms with Crippen LogP contribution in [0, 0.1) is 11.5 Å². The molecule has 1 atom stereocenters. The lowest BCUT2D eigenvalue weighted by atomic mass is 10.2. The van der Waals surface area contributed by atoms with Gasteiger partial charge in [-0.25, -0.2) is 4.98 Å². The minimum Gasteiger partial charge on any atom is -0.347 e. The second kappa shape index (κ2) is 6.34. The molecule has 1 aromatic heterocycles. The van der Waals surface area contributed by atoms with Gasteiger partial charge in [-0.1, -0.05) is 29.8 Å². The van der Waals surface area contributed by atoms with Crippen LogP contribution in [0.4, 0.5) is 0 Å². The van der Waals surface area contributed by atoms with Crippen molar-refractivity contribution in [2.45, 2.75) is 12.5 Å². The summed E-state index contributed by atoms with van der Waals surface area (Å²) >= 11 is 7.46. The number of likely N-dealkylation sites (tertiary alicyclic amines) is 1. The highest BCUT2D eigenvalue weighted by Crippen LogP contribution is 2.30. The summed E-state index contributed by atoms with van der Waals surface area (Å²) < 4.78 is 0. The standard InChI is InChI=1S/C15H13ClN4OS/c16-12-4-2-1-3-11(12)15-18-7-13(22-15)14(21)19-10-5-6-20(8-10)9-17/h1-4,7,10H,5-6,8H2,(H,19,21). The fourth-order valence-electron chi connectivity index (χ4n) is 2.36. The number of nitrogens with one attached hydrogen (secondary N) is 1. The zero-order chi connectivity index (χ0) is 15.5. The summed E-state index contributed by atoms with van der Waals surface area (Å²) in [6, 6.07) is 7.43. The molecular formula is C15H13ClN4OS. The maximum absolute atomic E-state index is 12.3. The van der Waals surface area contributed by atoms with Crippen molar-refractivity contribution in [3.8, 4) is 16.8 Å². The third-order valence-corrected chi connectivity index (χ3v) is 4.86. The zero-order valence-electron chi connectivity index (χ0n) is 11.6. The quantitative estimate of drug-likeness (QED) is 0.877. The molecule has 1 amide bonds. The number of thiazole rings is 1. The average molecular weight is 333 g/mol. The zero-order valence-corrected chi connectivity index (χ0v) is 13.2. The SMILES string of the molecule is N#CN1CCC(NC(=O)c2cnc(-c3ccccc3Cl)s2)C1. The van der Waals surface area contributed by atoms with Crippen LogP contribution >= 0.6 is 22.9 Å². The first kappa shape index (κ1) is 14.8. The van der Waals surface area contributed by atoms with Crippen LogP contribution in [0.2, 0.25) is 5.02 Å². The predicted molar refractivity (Wildman–Crippen MR) is 85.6 cm³/mol. The summed E-state index contributed by atoms with van der Waals surface area (Å²) in [5.74, 6) is -0.152. The minimum absolute atomic E-state index is 0.0120. The Morgan fingerprint density at radius 3 is 3.05 bits per heavy atom. The Hall–Kier alpha value is -2.10. The number of aromatic nitrogens is 1. The number of nitriles is 1. The van der Waals surface area contributed by atoms with Gasteiger partial charge < -0.3 is 10.2 Å². The van der Waals surface area contributed by atoms with E-state index in [4.69, 9.17) is 16.9 Å². The Morgan fingerprint density at radius 1 is 1.50 bits per heavy atom. The summed E-state index contributed by atoms with van der Waals surface area (Å²) in [5, 5.41) is 13.1. The van der Waals surface area contributed by atoms with E-state index in [9.17, 15) is 4.79 Å². The largest absolute Gasteiger partial charge is 0.347 e. The number of amides is 1. The lowest BCUT2D eigenvalue weighted by Crippen LogP contribution is -2.36. The maximum Gasteiger partial charge on any atom is 0.263 e. The van der Waals surface area contributed by atoms with Crippen LogP contribution in [0.5, 0.6) is 0 Å². The lowest BCUT2D eigenvalue weighted by molar-refractivity contribution is 0.0942. The van der Waals surface area contributed by atoms with E-state index in [0.717, 1.165) is 17.0 Å². The highest BCUT2D eigenvalue weighted by Gasteiger charge is 2.24. The molecule has 2 heterocycles. The van der Waals surface area contributed by atoms with E-state index in [-0.39, 0.29) is 11.9 Å². The molecule has 0 radical (unpaired) electrons. The van der Waals surface area contributed by atoms with Gasteiger partial charge in [-0.05, 0) is 12.5 Å². The summed E-state index contributed by atoms with van der Waals surface area (Å²) in [4.78, 5) is 18.7. The number of hydrogen-bond donors (Lipinski definition) is 1. The van der Waals surface area contributed by atoms with Crippen molar-refractivity contribution >= 4 is 28.8 Å². The van der Waals surface area contributed by atoms with Crippen LogP contribution in [0.1, 0.15) is 16.1 Å². The van der Waals surface area contributed by atoms with Gasteiger partial charge in [0.15, 0.2) is 6.19 Å². The molecule has 3 rings (SSSR count). The fraction of sp³-hybridized carbons (Fsp3) is 0.267. The number of nitrogens with zero attached hydrogens (tertiary/aromatic N) is 3. The Bertz CT molecular complexity index is 739. The van der Waals surface area contributed by atoms with Crippen LogP contribution in [0.25, 0.3) is 10.6 Å². The molecule has 1 aliphatic heterocycles. The van der Waals surface area contributed by atoms with E-state index in [2.05, 4.69) is 16.5 Å². The topological polar surface area (TPSA) is 69.0 Å². The number of carbonyl (C=O) groups excluding carboxylic acids is 1. The molecule has 112 valence electrons. The van der Waals surface area contributed by atoms with Gasteiger partial charge in [0.1, 0.15) is 9.88 Å². The Kier molecular flexibility index (Phi) is 4.27. The van der Waals surface area contributed by atoms with Crippen molar-refractivity contribution in [3.63, 3.8) is 0 Å². The highest BCUT2D eigenvalue weighted by atomic mass is 35.5. The molecule has 22 heavy (non-hydrogen) atoms. The molecule has 1 aliphatic rings. The molecule has 0 bridgehead atoms. The number of rotatable bonds is 3. The van der Waals surface area contributed by atoms with Gasteiger partial charge >= 0.3 is 0 Å². The van der Waals surface area contributed by atoms with Gasteiger partial charge in [-0.3, -0.25) is 4.79 Å². The van der Waals surface area contributed by atoms with Gasteiger partial charge in [0.2, 0.25) is 0 Å². The average Bonchev–Trinajstić information content (AvgIpc) is 3.16. The molecule has 1 unspecified atom stereocenters. The van der Waals surface area contributed by atoms with E-state index >= 15 is 0 Å². The normalized spacial score (nSPS) is 17.3. The Labute approximate surface area is 137 Å². The molecule has 5 nitrogen and oxygen atoms in total. The lowest BCUT2D eigenvalue weighted by Gasteiger charge is -2.10. The van der Waals surface area contributed by atoms with Gasteiger partial charge in [0.25, 0.3) is 5.91 Å². The Morgan fingerprint density at radius 2 is 2.32 bits per heavy atom. The third kappa shape index (κ3) is 3.06. The van der Waals surface area contributed by atoms with Gasteiger partial charge in [-0.15, -0.1) is 11.3 Å². The van der Waals surface area contributed by atoms with E-state index in [1.165, 1.54) is 11.3 Å². The number of benzene rings is 1. The predicted octanol–water partition coefficient (Wildman–Crippen LogP) is 2.75. The van der Waals surface area contributed by atoms with Crippen molar-refractivity contribution in [1.82, 2.24) is 15.2 Å². The van der Waals surface area contributed by atoms with E-state index in [1.807, 2.05) is 18.2 Å².